The molecule has 0 saturated carbocycles. The van der Waals surface area contributed by atoms with Crippen molar-refractivity contribution in [2.75, 3.05) is 10.9 Å². The van der Waals surface area contributed by atoms with Gasteiger partial charge in [0.25, 0.3) is 0 Å². The molecule has 0 aromatic carbocycles. The van der Waals surface area contributed by atoms with Gasteiger partial charge in [-0.1, -0.05) is 0 Å². The van der Waals surface area contributed by atoms with Crippen molar-refractivity contribution in [1.82, 2.24) is 15.2 Å². The fourth-order valence-corrected chi connectivity index (χ4v) is 1.21. The molecule has 0 radical (unpaired) electrons. The van der Waals surface area contributed by atoms with Crippen molar-refractivity contribution in [2.45, 2.75) is 0 Å². The molecule has 0 saturated heterocycles. The van der Waals surface area contributed by atoms with Crippen LogP contribution in [0.2, 0.25) is 0 Å². The molecule has 0 aliphatic rings. The molecule has 2 aromatic rings. The molecule has 0 aliphatic heterocycles. The minimum Gasteiger partial charge on any atom is -0.306 e. The van der Waals surface area contributed by atoms with Gasteiger partial charge in [-0.15, -0.1) is 10.2 Å². The molecular weight excluding hydrogens is 182 g/mol. The van der Waals surface area contributed by atoms with Crippen molar-refractivity contribution in [3.05, 3.63) is 18.5 Å². The Kier molecular flexibility index (Phi) is 2.09. The number of fused-ring (bicyclic) bond motifs is 1. The maximum atomic E-state index is 5.28. The molecule has 72 valence electrons. The van der Waals surface area contributed by atoms with Crippen LogP contribution in [0.1, 0.15) is 0 Å². The van der Waals surface area contributed by atoms with Crippen molar-refractivity contribution in [3.8, 4) is 0 Å². The molecule has 0 amide bonds. The highest BCUT2D eigenvalue weighted by Gasteiger charge is 2.06. The SMILES string of the molecule is NNc1nnc(NN)c2cnccc12. The van der Waals surface area contributed by atoms with E-state index in [1.54, 1.807) is 18.5 Å². The van der Waals surface area contributed by atoms with Crippen LogP contribution in [-0.2, 0) is 0 Å². The van der Waals surface area contributed by atoms with Crippen molar-refractivity contribution in [1.29, 1.82) is 0 Å². The minimum absolute atomic E-state index is 0.465. The number of nitrogen functional groups attached to an aromatic ring is 2. The number of aromatic nitrogens is 3. The van der Waals surface area contributed by atoms with E-state index in [9.17, 15) is 0 Å². The first-order valence-electron chi connectivity index (χ1n) is 3.90. The molecule has 6 N–H and O–H groups in total. The normalized spacial score (nSPS) is 10.1. The van der Waals surface area contributed by atoms with Crippen molar-refractivity contribution < 1.29 is 0 Å². The van der Waals surface area contributed by atoms with Crippen LogP contribution >= 0.6 is 0 Å². The van der Waals surface area contributed by atoms with E-state index in [0.717, 1.165) is 10.8 Å². The molecular formula is C7H9N7. The van der Waals surface area contributed by atoms with Gasteiger partial charge in [0.15, 0.2) is 11.6 Å². The Hall–Kier alpha value is -1.99. The third kappa shape index (κ3) is 1.20. The second-order valence-corrected chi connectivity index (χ2v) is 2.61. The van der Waals surface area contributed by atoms with E-state index in [-0.39, 0.29) is 0 Å². The summed E-state index contributed by atoms with van der Waals surface area (Å²) in [6.45, 7) is 0. The fourth-order valence-electron chi connectivity index (χ4n) is 1.21. The van der Waals surface area contributed by atoms with Crippen LogP contribution < -0.4 is 22.5 Å². The minimum atomic E-state index is 0.465. The third-order valence-corrected chi connectivity index (χ3v) is 1.85. The van der Waals surface area contributed by atoms with Gasteiger partial charge in [0.2, 0.25) is 0 Å². The zero-order chi connectivity index (χ0) is 9.97. The topological polar surface area (TPSA) is 115 Å². The Labute approximate surface area is 79.5 Å². The number of rotatable bonds is 2. The van der Waals surface area contributed by atoms with Crippen LogP contribution in [0.3, 0.4) is 0 Å². The van der Waals surface area contributed by atoms with Crippen molar-refractivity contribution in [2.24, 2.45) is 11.7 Å². The Morgan fingerprint density at radius 2 is 1.64 bits per heavy atom. The van der Waals surface area contributed by atoms with Crippen LogP contribution in [0.25, 0.3) is 10.8 Å². The van der Waals surface area contributed by atoms with Crippen molar-refractivity contribution in [3.63, 3.8) is 0 Å². The summed E-state index contributed by atoms with van der Waals surface area (Å²) in [5.41, 5.74) is 4.89. The summed E-state index contributed by atoms with van der Waals surface area (Å²) in [6, 6.07) is 1.78. The fraction of sp³-hybridized carbons (Fsp3) is 0. The number of anilines is 2. The predicted octanol–water partition coefficient (Wildman–Crippen LogP) is -0.404. The number of pyridine rings is 1. The number of hydrazine groups is 2. The maximum absolute atomic E-state index is 5.28. The molecule has 0 atom stereocenters. The lowest BCUT2D eigenvalue weighted by atomic mass is 10.2. The number of hydrogen-bond donors (Lipinski definition) is 4. The average molecular weight is 191 g/mol. The summed E-state index contributed by atoms with van der Waals surface area (Å²) in [6.07, 6.45) is 3.28. The second kappa shape index (κ2) is 3.40. The smallest absolute Gasteiger partial charge is 0.172 e. The Bertz CT molecular complexity index is 412. The van der Waals surface area contributed by atoms with Gasteiger partial charge in [-0.3, -0.25) is 4.98 Å². The van der Waals surface area contributed by atoms with E-state index >= 15 is 0 Å². The van der Waals surface area contributed by atoms with Crippen LogP contribution in [0.5, 0.6) is 0 Å². The standard InChI is InChI=1S/C7H9N7/c8-11-6-4-1-2-10-3-5(4)7(12-9)14-13-6/h1-3H,8-9H2,(H,11,13)(H,12,14). The summed E-state index contributed by atoms with van der Waals surface area (Å²) in [5.74, 6) is 11.5. The number of hydrogen-bond acceptors (Lipinski definition) is 7. The molecule has 7 nitrogen and oxygen atoms in total. The predicted molar refractivity (Wildman–Crippen MR) is 53.0 cm³/mol. The van der Waals surface area contributed by atoms with E-state index in [1.165, 1.54) is 0 Å². The van der Waals surface area contributed by atoms with E-state index in [0.29, 0.717) is 11.6 Å². The zero-order valence-corrected chi connectivity index (χ0v) is 7.23. The summed E-state index contributed by atoms with van der Waals surface area (Å²) >= 11 is 0. The van der Waals surface area contributed by atoms with Gasteiger partial charge >= 0.3 is 0 Å². The molecule has 0 spiro atoms. The highest BCUT2D eigenvalue weighted by atomic mass is 15.3. The van der Waals surface area contributed by atoms with Gasteiger partial charge < -0.3 is 10.9 Å². The van der Waals surface area contributed by atoms with E-state index in [1.807, 2.05) is 0 Å². The first-order valence-corrected chi connectivity index (χ1v) is 3.90. The Morgan fingerprint density at radius 3 is 2.29 bits per heavy atom. The molecule has 2 heterocycles. The van der Waals surface area contributed by atoms with Crippen molar-refractivity contribution >= 4 is 22.4 Å². The summed E-state index contributed by atoms with van der Waals surface area (Å²) < 4.78 is 0. The zero-order valence-electron chi connectivity index (χ0n) is 7.23. The molecule has 0 aliphatic carbocycles. The lowest BCUT2D eigenvalue weighted by Crippen LogP contribution is -2.13. The first kappa shape index (κ1) is 8.60. The second-order valence-electron chi connectivity index (χ2n) is 2.61. The van der Waals surface area contributed by atoms with E-state index < -0.39 is 0 Å². The molecule has 0 unspecified atom stereocenters. The molecule has 0 bridgehead atoms. The van der Waals surface area contributed by atoms with E-state index in [2.05, 4.69) is 26.0 Å². The molecule has 0 fully saturated rings. The van der Waals surface area contributed by atoms with Gasteiger partial charge in [0, 0.05) is 23.2 Å². The quantitative estimate of drug-likeness (QED) is 0.377. The average Bonchev–Trinajstić information content (AvgIpc) is 2.27. The van der Waals surface area contributed by atoms with Gasteiger partial charge in [-0.25, -0.2) is 11.7 Å². The highest BCUT2D eigenvalue weighted by Crippen LogP contribution is 2.23. The largest absolute Gasteiger partial charge is 0.306 e. The molecule has 7 heteroatoms. The van der Waals surface area contributed by atoms with E-state index in [4.69, 9.17) is 11.7 Å². The Balaban J connectivity index is 2.78. The monoisotopic (exact) mass is 191 g/mol. The lowest BCUT2D eigenvalue weighted by Gasteiger charge is -2.06. The molecule has 2 rings (SSSR count). The number of nitrogens with zero attached hydrogens (tertiary/aromatic N) is 3. The first-order chi connectivity index (χ1) is 6.86. The van der Waals surface area contributed by atoms with Gasteiger partial charge in [0.05, 0.1) is 0 Å². The van der Waals surface area contributed by atoms with Crippen LogP contribution in [-0.4, -0.2) is 15.2 Å². The van der Waals surface area contributed by atoms with Crippen LogP contribution in [0, 0.1) is 0 Å². The summed E-state index contributed by atoms with van der Waals surface area (Å²) in [5, 5.41) is 9.24. The molecule has 14 heavy (non-hydrogen) atoms. The molecule has 2 aromatic heterocycles. The Morgan fingerprint density at radius 1 is 1.00 bits per heavy atom. The van der Waals surface area contributed by atoms with Gasteiger partial charge in [0.1, 0.15) is 0 Å². The number of nitrogens with two attached hydrogens (primary N) is 2. The third-order valence-electron chi connectivity index (χ3n) is 1.85. The maximum Gasteiger partial charge on any atom is 0.172 e. The lowest BCUT2D eigenvalue weighted by molar-refractivity contribution is 1.03. The van der Waals surface area contributed by atoms with Crippen LogP contribution in [0.15, 0.2) is 18.5 Å². The highest BCUT2D eigenvalue weighted by molar-refractivity contribution is 5.97. The number of nitrogens with one attached hydrogen (secondary N) is 2. The summed E-state index contributed by atoms with van der Waals surface area (Å²) in [7, 11) is 0. The van der Waals surface area contributed by atoms with Gasteiger partial charge in [-0.2, -0.15) is 0 Å². The summed E-state index contributed by atoms with van der Waals surface area (Å²) in [4.78, 5) is 3.96. The van der Waals surface area contributed by atoms with Crippen LogP contribution in [0.4, 0.5) is 11.6 Å². The van der Waals surface area contributed by atoms with Gasteiger partial charge in [-0.05, 0) is 6.07 Å².